The van der Waals surface area contributed by atoms with Crippen LogP contribution < -0.4 is 5.43 Å². The summed E-state index contributed by atoms with van der Waals surface area (Å²) in [5.74, 6) is -1.85. The number of aliphatic hydroxyl groups is 1. The number of benzene rings is 2. The van der Waals surface area contributed by atoms with Crippen molar-refractivity contribution in [2.24, 2.45) is 0 Å². The molecule has 6 heteroatoms. The fraction of sp³-hybridized carbons (Fsp3) is 0.100. The Morgan fingerprint density at radius 3 is 2.38 bits per heavy atom. The Bertz CT molecular complexity index is 992. The van der Waals surface area contributed by atoms with Crippen molar-refractivity contribution >= 4 is 5.97 Å². The molecule has 0 saturated heterocycles. The van der Waals surface area contributed by atoms with Gasteiger partial charge in [-0.25, -0.2) is 4.79 Å². The molecule has 1 atom stereocenters. The first kappa shape index (κ1) is 17.4. The zero-order valence-electron chi connectivity index (χ0n) is 13.7. The summed E-state index contributed by atoms with van der Waals surface area (Å²) in [6.07, 6.45) is 1.19. The normalized spacial score (nSPS) is 11.9. The summed E-state index contributed by atoms with van der Waals surface area (Å²) in [7, 11) is 0. The van der Waals surface area contributed by atoms with Crippen LogP contribution in [0.25, 0.3) is 11.1 Å². The van der Waals surface area contributed by atoms with Crippen LogP contribution in [0.15, 0.2) is 65.6 Å². The van der Waals surface area contributed by atoms with E-state index in [2.05, 4.69) is 4.98 Å². The molecule has 1 aromatic heterocycles. The third kappa shape index (κ3) is 3.36. The van der Waals surface area contributed by atoms with Gasteiger partial charge in [0.2, 0.25) is 5.43 Å². The molecule has 0 spiro atoms. The average Bonchev–Trinajstić information content (AvgIpc) is 2.66. The smallest absolute Gasteiger partial charge is 0.336 e. The molecule has 1 heterocycles. The Hall–Kier alpha value is -3.38. The van der Waals surface area contributed by atoms with E-state index in [1.807, 2.05) is 0 Å². The number of aromatic amines is 1. The first-order valence-corrected chi connectivity index (χ1v) is 7.96. The van der Waals surface area contributed by atoms with Crippen molar-refractivity contribution in [3.63, 3.8) is 0 Å². The standard InChI is InChI=1S/C20H17NO5/c22-11-16(17-9-18(23)19(24)10-21-17)13-7-5-12(6-8-13)14-3-1-2-4-15(14)20(25)26/h1-10,16,22,24H,11H2,(H,21,23)(H,25,26). The first-order chi connectivity index (χ1) is 12.5. The van der Waals surface area contributed by atoms with E-state index >= 15 is 0 Å². The summed E-state index contributed by atoms with van der Waals surface area (Å²) in [6.45, 7) is -0.230. The quantitative estimate of drug-likeness (QED) is 0.565. The Morgan fingerprint density at radius 2 is 1.77 bits per heavy atom. The van der Waals surface area contributed by atoms with Gasteiger partial charge in [0, 0.05) is 23.9 Å². The molecule has 0 saturated carbocycles. The van der Waals surface area contributed by atoms with Crippen LogP contribution in [0.5, 0.6) is 5.75 Å². The van der Waals surface area contributed by atoms with Crippen LogP contribution in [0.2, 0.25) is 0 Å². The van der Waals surface area contributed by atoms with Gasteiger partial charge in [-0.1, -0.05) is 42.5 Å². The van der Waals surface area contributed by atoms with Gasteiger partial charge in [0.25, 0.3) is 0 Å². The maximum atomic E-state index is 11.6. The minimum Gasteiger partial charge on any atom is -0.503 e. The van der Waals surface area contributed by atoms with Gasteiger partial charge in [0.15, 0.2) is 5.75 Å². The highest BCUT2D eigenvalue weighted by molar-refractivity contribution is 5.96. The highest BCUT2D eigenvalue weighted by Crippen LogP contribution is 2.28. The van der Waals surface area contributed by atoms with Crippen molar-refractivity contribution in [2.45, 2.75) is 5.92 Å². The van der Waals surface area contributed by atoms with Crippen LogP contribution >= 0.6 is 0 Å². The lowest BCUT2D eigenvalue weighted by Gasteiger charge is -2.16. The molecular formula is C20H17NO5. The summed E-state index contributed by atoms with van der Waals surface area (Å²) >= 11 is 0. The third-order valence-corrected chi connectivity index (χ3v) is 4.25. The van der Waals surface area contributed by atoms with Crippen molar-refractivity contribution in [1.29, 1.82) is 0 Å². The second kappa shape index (κ2) is 7.25. The van der Waals surface area contributed by atoms with Crippen LogP contribution in [0, 0.1) is 0 Å². The fourth-order valence-corrected chi connectivity index (χ4v) is 2.88. The van der Waals surface area contributed by atoms with Gasteiger partial charge in [-0.15, -0.1) is 0 Å². The summed E-state index contributed by atoms with van der Waals surface area (Å²) in [4.78, 5) is 25.8. The van der Waals surface area contributed by atoms with Crippen LogP contribution in [-0.2, 0) is 0 Å². The molecule has 26 heavy (non-hydrogen) atoms. The van der Waals surface area contributed by atoms with E-state index < -0.39 is 17.3 Å². The maximum absolute atomic E-state index is 11.6. The highest BCUT2D eigenvalue weighted by Gasteiger charge is 2.16. The molecule has 0 radical (unpaired) electrons. The molecule has 0 bridgehead atoms. The van der Waals surface area contributed by atoms with E-state index in [4.69, 9.17) is 0 Å². The number of nitrogens with one attached hydrogen (secondary N) is 1. The predicted molar refractivity (Wildman–Crippen MR) is 96.5 cm³/mol. The van der Waals surface area contributed by atoms with Crippen LogP contribution in [0.1, 0.15) is 27.5 Å². The Kier molecular flexibility index (Phi) is 4.86. The molecule has 3 rings (SSSR count). The molecule has 0 aliphatic rings. The number of H-pyrrole nitrogens is 1. The number of carbonyl (C=O) groups is 1. The third-order valence-electron chi connectivity index (χ3n) is 4.25. The van der Waals surface area contributed by atoms with Crippen molar-refractivity contribution in [3.05, 3.63) is 87.8 Å². The maximum Gasteiger partial charge on any atom is 0.336 e. The lowest BCUT2D eigenvalue weighted by Crippen LogP contribution is -2.12. The number of rotatable bonds is 5. The van der Waals surface area contributed by atoms with Crippen molar-refractivity contribution in [1.82, 2.24) is 4.98 Å². The summed E-state index contributed by atoms with van der Waals surface area (Å²) in [5.41, 5.74) is 2.26. The number of pyridine rings is 1. The Balaban J connectivity index is 1.97. The van der Waals surface area contributed by atoms with Crippen molar-refractivity contribution in [3.8, 4) is 16.9 Å². The van der Waals surface area contributed by atoms with Gasteiger partial charge in [-0.3, -0.25) is 4.79 Å². The number of aromatic nitrogens is 1. The van der Waals surface area contributed by atoms with E-state index in [1.54, 1.807) is 48.5 Å². The van der Waals surface area contributed by atoms with Crippen LogP contribution in [-0.4, -0.2) is 32.9 Å². The lowest BCUT2D eigenvalue weighted by molar-refractivity contribution is 0.0697. The minimum absolute atomic E-state index is 0.210. The SMILES string of the molecule is O=C(O)c1ccccc1-c1ccc(C(CO)c2cc(=O)c(O)c[nH]2)cc1. The minimum atomic E-state index is -1.00. The number of carboxylic acid groups (broad SMARTS) is 1. The first-order valence-electron chi connectivity index (χ1n) is 7.96. The lowest BCUT2D eigenvalue weighted by atomic mass is 9.92. The summed E-state index contributed by atoms with van der Waals surface area (Å²) in [5, 5.41) is 28.4. The highest BCUT2D eigenvalue weighted by atomic mass is 16.4. The monoisotopic (exact) mass is 351 g/mol. The molecule has 1 unspecified atom stereocenters. The topological polar surface area (TPSA) is 111 Å². The molecule has 0 amide bonds. The Labute approximate surface area is 149 Å². The molecule has 3 aromatic rings. The number of hydrogen-bond donors (Lipinski definition) is 4. The van der Waals surface area contributed by atoms with Gasteiger partial charge < -0.3 is 20.3 Å². The van der Waals surface area contributed by atoms with Crippen LogP contribution in [0.4, 0.5) is 0 Å². The second-order valence-corrected chi connectivity index (χ2v) is 5.85. The van der Waals surface area contributed by atoms with Gasteiger partial charge in [0.1, 0.15) is 0 Å². The zero-order chi connectivity index (χ0) is 18.7. The zero-order valence-corrected chi connectivity index (χ0v) is 13.7. The molecule has 0 aliphatic carbocycles. The molecular weight excluding hydrogens is 334 g/mol. The number of aromatic carboxylic acids is 1. The van der Waals surface area contributed by atoms with Crippen molar-refractivity contribution < 1.29 is 20.1 Å². The Morgan fingerprint density at radius 1 is 1.08 bits per heavy atom. The van der Waals surface area contributed by atoms with Crippen LogP contribution in [0.3, 0.4) is 0 Å². The molecule has 4 N–H and O–H groups in total. The number of hydrogen-bond acceptors (Lipinski definition) is 4. The van der Waals surface area contributed by atoms with Gasteiger partial charge in [-0.2, -0.15) is 0 Å². The molecule has 0 fully saturated rings. The number of carboxylic acids is 1. The van der Waals surface area contributed by atoms with E-state index in [1.165, 1.54) is 12.3 Å². The van der Waals surface area contributed by atoms with Gasteiger partial charge in [-0.05, 0) is 22.8 Å². The molecule has 0 aliphatic heterocycles. The summed E-state index contributed by atoms with van der Waals surface area (Å²) in [6, 6.07) is 15.1. The summed E-state index contributed by atoms with van der Waals surface area (Å²) < 4.78 is 0. The number of aromatic hydroxyl groups is 1. The van der Waals surface area contributed by atoms with Gasteiger partial charge >= 0.3 is 5.97 Å². The molecule has 6 nitrogen and oxygen atoms in total. The second-order valence-electron chi connectivity index (χ2n) is 5.85. The number of aliphatic hydroxyl groups excluding tert-OH is 1. The largest absolute Gasteiger partial charge is 0.503 e. The van der Waals surface area contributed by atoms with E-state index in [-0.39, 0.29) is 17.9 Å². The van der Waals surface area contributed by atoms with Crippen molar-refractivity contribution in [2.75, 3.05) is 6.61 Å². The average molecular weight is 351 g/mol. The predicted octanol–water partition coefficient (Wildman–Crippen LogP) is 2.57. The molecule has 2 aromatic carbocycles. The van der Waals surface area contributed by atoms with E-state index in [0.717, 1.165) is 11.1 Å². The molecule has 132 valence electrons. The van der Waals surface area contributed by atoms with E-state index in [9.17, 15) is 24.9 Å². The fourth-order valence-electron chi connectivity index (χ4n) is 2.88. The van der Waals surface area contributed by atoms with Gasteiger partial charge in [0.05, 0.1) is 12.2 Å². The van der Waals surface area contributed by atoms with E-state index in [0.29, 0.717) is 11.3 Å².